The first-order valence-electron chi connectivity index (χ1n) is 4.22. The lowest BCUT2D eigenvalue weighted by Crippen LogP contribution is -2.11. The molecule has 0 aromatic carbocycles. The molecule has 1 aromatic rings. The molecule has 4 heteroatoms. The molecule has 1 heterocycles. The van der Waals surface area contributed by atoms with Gasteiger partial charge < -0.3 is 11.1 Å². The molecule has 0 fully saturated rings. The Bertz CT molecular complexity index is 244. The summed E-state index contributed by atoms with van der Waals surface area (Å²) >= 11 is 1.58. The molecule has 0 saturated heterocycles. The van der Waals surface area contributed by atoms with E-state index in [2.05, 4.69) is 24.1 Å². The molecule has 0 bridgehead atoms. The minimum atomic E-state index is 0.680. The van der Waals surface area contributed by atoms with E-state index < -0.39 is 0 Å². The number of nitrogen functional groups attached to an aromatic ring is 1. The minimum Gasteiger partial charge on any atom is -0.375 e. The van der Waals surface area contributed by atoms with Crippen LogP contribution in [0.1, 0.15) is 24.4 Å². The summed E-state index contributed by atoms with van der Waals surface area (Å²) in [6.45, 7) is 6.08. The van der Waals surface area contributed by atoms with Crippen LogP contribution in [0.15, 0.2) is 0 Å². The van der Waals surface area contributed by atoms with E-state index in [0.29, 0.717) is 5.13 Å². The Morgan fingerprint density at radius 3 is 2.83 bits per heavy atom. The fraction of sp³-hybridized carbons (Fsp3) is 0.625. The number of rotatable bonds is 4. The molecule has 68 valence electrons. The van der Waals surface area contributed by atoms with Crippen molar-refractivity contribution in [1.82, 2.24) is 10.3 Å². The van der Waals surface area contributed by atoms with Gasteiger partial charge in [0.15, 0.2) is 5.13 Å². The first-order valence-corrected chi connectivity index (χ1v) is 5.04. The van der Waals surface area contributed by atoms with Gasteiger partial charge in [-0.25, -0.2) is 4.98 Å². The number of hydrogen-bond acceptors (Lipinski definition) is 4. The molecule has 0 unspecified atom stereocenters. The molecular weight excluding hydrogens is 170 g/mol. The molecule has 0 radical (unpaired) electrons. The third kappa shape index (κ3) is 2.19. The minimum absolute atomic E-state index is 0.680. The van der Waals surface area contributed by atoms with Gasteiger partial charge >= 0.3 is 0 Å². The van der Waals surface area contributed by atoms with Gasteiger partial charge in [-0.3, -0.25) is 0 Å². The second-order valence-corrected chi connectivity index (χ2v) is 3.67. The van der Waals surface area contributed by atoms with Gasteiger partial charge in [0.25, 0.3) is 0 Å². The smallest absolute Gasteiger partial charge is 0.180 e. The molecule has 0 saturated carbocycles. The number of aromatic nitrogens is 1. The van der Waals surface area contributed by atoms with Crippen LogP contribution in [0.2, 0.25) is 0 Å². The molecule has 0 spiro atoms. The number of nitrogens with one attached hydrogen (secondary N) is 1. The molecule has 3 nitrogen and oxygen atoms in total. The van der Waals surface area contributed by atoms with E-state index in [1.54, 1.807) is 11.3 Å². The van der Waals surface area contributed by atoms with E-state index in [9.17, 15) is 0 Å². The first-order chi connectivity index (χ1) is 5.77. The fourth-order valence-electron chi connectivity index (χ4n) is 1.06. The molecule has 0 atom stereocenters. The Morgan fingerprint density at radius 2 is 2.25 bits per heavy atom. The summed E-state index contributed by atoms with van der Waals surface area (Å²) in [6, 6.07) is 0. The third-order valence-electron chi connectivity index (χ3n) is 1.67. The van der Waals surface area contributed by atoms with Crippen molar-refractivity contribution in [2.24, 2.45) is 0 Å². The maximum absolute atomic E-state index is 5.61. The van der Waals surface area contributed by atoms with Crippen molar-refractivity contribution in [3.8, 4) is 0 Å². The molecule has 3 N–H and O–H groups in total. The lowest BCUT2D eigenvalue weighted by Gasteiger charge is -1.99. The lowest BCUT2D eigenvalue weighted by molar-refractivity contribution is 0.727. The van der Waals surface area contributed by atoms with Crippen LogP contribution < -0.4 is 11.1 Å². The van der Waals surface area contributed by atoms with Crippen LogP contribution in [0.25, 0.3) is 0 Å². The summed E-state index contributed by atoms with van der Waals surface area (Å²) in [4.78, 5) is 5.51. The van der Waals surface area contributed by atoms with Crippen LogP contribution >= 0.6 is 11.3 Å². The predicted octanol–water partition coefficient (Wildman–Crippen LogP) is 1.40. The van der Waals surface area contributed by atoms with Crippen molar-refractivity contribution in [3.05, 3.63) is 10.6 Å². The van der Waals surface area contributed by atoms with Gasteiger partial charge in [-0.2, -0.15) is 0 Å². The van der Waals surface area contributed by atoms with Gasteiger partial charge in [0, 0.05) is 11.4 Å². The van der Waals surface area contributed by atoms with E-state index in [0.717, 1.165) is 25.2 Å². The lowest BCUT2D eigenvalue weighted by atomic mass is 10.3. The summed E-state index contributed by atoms with van der Waals surface area (Å²) in [6.07, 6.45) is 0.967. The topological polar surface area (TPSA) is 50.9 Å². The molecular formula is C8H15N3S. The van der Waals surface area contributed by atoms with Gasteiger partial charge in [0.2, 0.25) is 0 Å². The van der Waals surface area contributed by atoms with Crippen molar-refractivity contribution in [2.75, 3.05) is 12.3 Å². The number of nitrogens with two attached hydrogens (primary N) is 1. The summed E-state index contributed by atoms with van der Waals surface area (Å²) in [5.41, 5.74) is 6.74. The van der Waals surface area contributed by atoms with Crippen LogP contribution in [-0.4, -0.2) is 11.5 Å². The van der Waals surface area contributed by atoms with Crippen LogP contribution in [0.3, 0.4) is 0 Å². The predicted molar refractivity (Wildman–Crippen MR) is 53.3 cm³/mol. The monoisotopic (exact) mass is 185 g/mol. The van der Waals surface area contributed by atoms with Crippen molar-refractivity contribution in [3.63, 3.8) is 0 Å². The highest BCUT2D eigenvalue weighted by Crippen LogP contribution is 2.20. The Balaban J connectivity index is 2.68. The molecule has 0 aliphatic carbocycles. The van der Waals surface area contributed by atoms with Gasteiger partial charge in [0.1, 0.15) is 0 Å². The Kier molecular flexibility index (Phi) is 3.49. The molecule has 0 amide bonds. The normalized spacial score (nSPS) is 10.5. The second kappa shape index (κ2) is 4.42. The zero-order chi connectivity index (χ0) is 8.97. The number of thiazole rings is 1. The maximum Gasteiger partial charge on any atom is 0.180 e. The maximum atomic E-state index is 5.61. The van der Waals surface area contributed by atoms with Crippen LogP contribution in [0, 0.1) is 0 Å². The highest BCUT2D eigenvalue weighted by Gasteiger charge is 2.05. The van der Waals surface area contributed by atoms with Gasteiger partial charge in [-0.1, -0.05) is 13.8 Å². The highest BCUT2D eigenvalue weighted by atomic mass is 32.1. The molecule has 0 aliphatic rings. The van der Waals surface area contributed by atoms with Gasteiger partial charge in [-0.05, 0) is 13.0 Å². The number of aryl methyl sites for hydroxylation is 1. The number of hydrogen-bond donors (Lipinski definition) is 2. The average Bonchev–Trinajstić information content (AvgIpc) is 2.42. The van der Waals surface area contributed by atoms with Gasteiger partial charge in [0.05, 0.1) is 5.69 Å². The molecule has 1 aromatic heterocycles. The quantitative estimate of drug-likeness (QED) is 0.745. The zero-order valence-corrected chi connectivity index (χ0v) is 8.37. The first kappa shape index (κ1) is 9.48. The molecule has 1 rings (SSSR count). The average molecular weight is 185 g/mol. The van der Waals surface area contributed by atoms with Crippen molar-refractivity contribution in [1.29, 1.82) is 0 Å². The van der Waals surface area contributed by atoms with E-state index in [-0.39, 0.29) is 0 Å². The highest BCUT2D eigenvalue weighted by molar-refractivity contribution is 7.15. The largest absolute Gasteiger partial charge is 0.375 e. The summed E-state index contributed by atoms with van der Waals surface area (Å²) < 4.78 is 0. The summed E-state index contributed by atoms with van der Waals surface area (Å²) in [5, 5.41) is 3.95. The third-order valence-corrected chi connectivity index (χ3v) is 2.59. The zero-order valence-electron chi connectivity index (χ0n) is 7.55. The SMILES string of the molecule is CCNCc1sc(N)nc1CC. The Morgan fingerprint density at radius 1 is 1.50 bits per heavy atom. The standard InChI is InChI=1S/C8H15N3S/c1-3-6-7(5-10-4-2)12-8(9)11-6/h10H,3-5H2,1-2H3,(H2,9,11). The van der Waals surface area contributed by atoms with Crippen molar-refractivity contribution >= 4 is 16.5 Å². The van der Waals surface area contributed by atoms with Crippen LogP contribution in [0.5, 0.6) is 0 Å². The summed E-state index contributed by atoms with van der Waals surface area (Å²) in [7, 11) is 0. The summed E-state index contributed by atoms with van der Waals surface area (Å²) in [5.74, 6) is 0. The van der Waals surface area contributed by atoms with Crippen molar-refractivity contribution in [2.45, 2.75) is 26.8 Å². The molecule has 0 aliphatic heterocycles. The fourth-order valence-corrected chi connectivity index (χ4v) is 1.95. The number of anilines is 1. The van der Waals surface area contributed by atoms with Crippen molar-refractivity contribution < 1.29 is 0 Å². The van der Waals surface area contributed by atoms with E-state index in [1.165, 1.54) is 4.88 Å². The second-order valence-electron chi connectivity index (χ2n) is 2.56. The number of nitrogens with zero attached hydrogens (tertiary/aromatic N) is 1. The Labute approximate surface area is 77.0 Å². The van der Waals surface area contributed by atoms with E-state index >= 15 is 0 Å². The van der Waals surface area contributed by atoms with Gasteiger partial charge in [-0.15, -0.1) is 11.3 Å². The Hall–Kier alpha value is -0.610. The van der Waals surface area contributed by atoms with E-state index in [1.807, 2.05) is 0 Å². The van der Waals surface area contributed by atoms with Crippen LogP contribution in [-0.2, 0) is 13.0 Å². The van der Waals surface area contributed by atoms with Crippen LogP contribution in [0.4, 0.5) is 5.13 Å². The molecule has 12 heavy (non-hydrogen) atoms. The van der Waals surface area contributed by atoms with E-state index in [4.69, 9.17) is 5.73 Å².